The number of nitro groups is 2. The molecule has 1 saturated carbocycles. The summed E-state index contributed by atoms with van der Waals surface area (Å²) in [5, 5.41) is 57.1. The highest BCUT2D eigenvalue weighted by Crippen LogP contribution is 2.62. The molecule has 1 fully saturated rings. The zero-order chi connectivity index (χ0) is 46.3. The molecule has 3 aromatic carbocycles. The largest absolute Gasteiger partial charge is 0.459 e. The minimum Gasteiger partial charge on any atom is -0.459 e. The number of nitro benzene ring substituents is 2. The lowest BCUT2D eigenvalue weighted by atomic mass is 9.55. The maximum atomic E-state index is 14.2. The van der Waals surface area contributed by atoms with Crippen molar-refractivity contribution < 1.29 is 58.5 Å². The molecule has 1 amide bonds. The molecule has 18 nitrogen and oxygen atoms in total. The van der Waals surface area contributed by atoms with Crippen LogP contribution in [0, 0.1) is 38.0 Å². The molecule has 3 aliphatic rings. The molecule has 0 radical (unpaired) electrons. The highest BCUT2D eigenvalue weighted by Gasteiger charge is 2.65. The molecule has 350 valence electrons. The number of fused-ring (bicyclic) bond motifs is 2. The van der Waals surface area contributed by atoms with Crippen LogP contribution >= 0.6 is 0 Å². The third-order valence-corrected chi connectivity index (χ3v) is 12.1. The van der Waals surface area contributed by atoms with E-state index in [9.17, 15) is 40.3 Å². The first kappa shape index (κ1) is 48.5. The van der Waals surface area contributed by atoms with Gasteiger partial charge >= 0.3 is 6.09 Å². The number of carbonyl (C=O) groups excluding carboxylic acids is 1. The molecule has 6 rings (SSSR count). The predicted molar refractivity (Wildman–Crippen MR) is 238 cm³/mol. The third-order valence-electron chi connectivity index (χ3n) is 12.1. The summed E-state index contributed by atoms with van der Waals surface area (Å²) in [6.07, 6.45) is 7.12. The summed E-state index contributed by atoms with van der Waals surface area (Å²) in [6.45, 7) is 5.63. The fourth-order valence-electron chi connectivity index (χ4n) is 9.32. The van der Waals surface area contributed by atoms with Crippen molar-refractivity contribution in [2.24, 2.45) is 22.9 Å². The normalized spacial score (nSPS) is 22.4. The van der Waals surface area contributed by atoms with Crippen LogP contribution < -0.4 is 9.47 Å². The molecule has 0 spiro atoms. The van der Waals surface area contributed by atoms with Gasteiger partial charge in [-0.2, -0.15) is 0 Å². The zero-order valence-corrected chi connectivity index (χ0v) is 36.5. The maximum Gasteiger partial charge on any atom is 0.410 e. The highest BCUT2D eigenvalue weighted by molar-refractivity contribution is 6.03. The number of aliphatic hydroxyl groups excluding tert-OH is 3. The van der Waals surface area contributed by atoms with Gasteiger partial charge in [0.1, 0.15) is 29.9 Å². The van der Waals surface area contributed by atoms with Gasteiger partial charge in [0.25, 0.3) is 11.4 Å². The fourth-order valence-corrected chi connectivity index (χ4v) is 9.32. The lowest BCUT2D eigenvalue weighted by molar-refractivity contribution is -0.385. The van der Waals surface area contributed by atoms with E-state index >= 15 is 0 Å². The predicted octanol–water partition coefficient (Wildman–Crippen LogP) is 7.60. The average molecular weight is 903 g/mol. The third kappa shape index (κ3) is 11.5. The molecule has 3 N–H and O–H groups in total. The number of ether oxygens (including phenoxy) is 5. The lowest BCUT2D eigenvalue weighted by Gasteiger charge is -2.59. The summed E-state index contributed by atoms with van der Waals surface area (Å²) in [5.41, 5.74) is 2.48. The lowest BCUT2D eigenvalue weighted by Crippen LogP contribution is -2.70. The Morgan fingerprint density at radius 2 is 1.68 bits per heavy atom. The SMILES string of the molecule is C=CCO[C@@]12Oc3ccc(Oc4cccc([N+](=O)[O-])c4)cc3[C@H]3[C@H](CCCCO)[C@@H](CCCCO)C=C(C(=NOCc4ccc([N+](=O)[O-])cc4)C[C@@H]1N(CCOCCO)C(=O)OCC)[C@H]32. The van der Waals surface area contributed by atoms with Crippen molar-refractivity contribution in [3.05, 3.63) is 122 Å². The van der Waals surface area contributed by atoms with Crippen LogP contribution in [-0.2, 0) is 25.7 Å². The van der Waals surface area contributed by atoms with Crippen molar-refractivity contribution in [2.45, 2.75) is 76.2 Å². The van der Waals surface area contributed by atoms with E-state index in [4.69, 9.17) is 33.7 Å². The average Bonchev–Trinajstić information content (AvgIpc) is 3.30. The van der Waals surface area contributed by atoms with Gasteiger partial charge in [-0.1, -0.05) is 36.2 Å². The number of rotatable bonds is 25. The molecule has 1 aliphatic heterocycles. The van der Waals surface area contributed by atoms with Crippen molar-refractivity contribution in [3.8, 4) is 17.2 Å². The molecular formula is C47H58N4O14. The number of unbranched alkanes of at least 4 members (excludes halogenated alkanes) is 2. The van der Waals surface area contributed by atoms with Crippen LogP contribution in [0.25, 0.3) is 0 Å². The summed E-state index contributed by atoms with van der Waals surface area (Å²) in [4.78, 5) is 43.8. The van der Waals surface area contributed by atoms with E-state index in [1.165, 1.54) is 29.2 Å². The van der Waals surface area contributed by atoms with Gasteiger partial charge in [0, 0.05) is 55.9 Å². The second kappa shape index (κ2) is 23.3. The van der Waals surface area contributed by atoms with Crippen LogP contribution in [0.4, 0.5) is 16.2 Å². The Labute approximate surface area is 377 Å². The molecule has 1 heterocycles. The van der Waals surface area contributed by atoms with Gasteiger partial charge in [-0.25, -0.2) is 4.79 Å². The Kier molecular flexibility index (Phi) is 17.4. The Bertz CT molecular complexity index is 2170. The number of allylic oxidation sites excluding steroid dienone is 1. The van der Waals surface area contributed by atoms with Gasteiger partial charge < -0.3 is 43.8 Å². The molecule has 0 aromatic heterocycles. The van der Waals surface area contributed by atoms with E-state index in [1.54, 1.807) is 49.4 Å². The van der Waals surface area contributed by atoms with E-state index in [0.29, 0.717) is 61.3 Å². The number of benzene rings is 3. The van der Waals surface area contributed by atoms with E-state index in [-0.39, 0.29) is 94.8 Å². The molecule has 3 aromatic rings. The second-order valence-electron chi connectivity index (χ2n) is 16.1. The zero-order valence-electron chi connectivity index (χ0n) is 36.5. The van der Waals surface area contributed by atoms with Crippen LogP contribution in [0.2, 0.25) is 0 Å². The Balaban J connectivity index is 1.57. The summed E-state index contributed by atoms with van der Waals surface area (Å²) in [5.74, 6) is -1.75. The number of oxime groups is 1. The molecular weight excluding hydrogens is 845 g/mol. The first-order chi connectivity index (χ1) is 31.6. The summed E-state index contributed by atoms with van der Waals surface area (Å²) in [6, 6.07) is 16.3. The summed E-state index contributed by atoms with van der Waals surface area (Å²) >= 11 is 0. The monoisotopic (exact) mass is 902 g/mol. The molecule has 6 atom stereocenters. The van der Waals surface area contributed by atoms with E-state index in [2.05, 4.69) is 12.7 Å². The van der Waals surface area contributed by atoms with Crippen LogP contribution in [-0.4, -0.2) is 106 Å². The Hall–Kier alpha value is -5.92. The number of amides is 1. The number of nitrogens with zero attached hydrogens (tertiary/aromatic N) is 4. The van der Waals surface area contributed by atoms with Crippen molar-refractivity contribution in [2.75, 3.05) is 52.8 Å². The van der Waals surface area contributed by atoms with Crippen molar-refractivity contribution in [3.63, 3.8) is 0 Å². The van der Waals surface area contributed by atoms with Gasteiger partial charge in [0.05, 0.1) is 60.6 Å². The minimum atomic E-state index is -1.60. The van der Waals surface area contributed by atoms with Gasteiger partial charge in [-0.3, -0.25) is 25.1 Å². The molecule has 65 heavy (non-hydrogen) atoms. The standard InChI is InChI=1S/C47H58N4O14/c1-3-24-62-47-43(49(46(55)61-4-2)20-25-60-26-23-54)30-41(48-63-31-32-14-16-34(17-15-32)50(56)57)39-27-33(10-5-7-21-52)38(13-6-8-22-53)44(45(39)47)40-29-37(18-19-42(40)65-47)64-36-12-9-11-35(28-36)51(58)59/h3,9,11-12,14-19,27-29,33,38,43-45,52-54H,1,4-8,10,13,20-26,30-31H2,2H3/t33-,38+,43-,44+,45+,47+/m0/s1. The van der Waals surface area contributed by atoms with Crippen LogP contribution in [0.1, 0.15) is 68.9 Å². The number of non-ortho nitro benzene ring substituents is 2. The molecule has 2 aliphatic carbocycles. The Morgan fingerprint density at radius 3 is 2.37 bits per heavy atom. The molecule has 0 unspecified atom stereocenters. The first-order valence-corrected chi connectivity index (χ1v) is 22.1. The molecule has 18 heteroatoms. The van der Waals surface area contributed by atoms with Gasteiger partial charge in [-0.05, 0) is 92.0 Å². The van der Waals surface area contributed by atoms with Gasteiger partial charge in [0.15, 0.2) is 0 Å². The van der Waals surface area contributed by atoms with Gasteiger partial charge in [-0.15, -0.1) is 6.58 Å². The van der Waals surface area contributed by atoms with E-state index in [0.717, 1.165) is 11.1 Å². The summed E-state index contributed by atoms with van der Waals surface area (Å²) < 4.78 is 31.8. The second-order valence-corrected chi connectivity index (χ2v) is 16.1. The van der Waals surface area contributed by atoms with E-state index in [1.807, 2.05) is 6.07 Å². The topological polar surface area (TPSA) is 235 Å². The first-order valence-electron chi connectivity index (χ1n) is 22.1. The quantitative estimate of drug-likeness (QED) is 0.0322. The number of hydrogen-bond acceptors (Lipinski definition) is 15. The van der Waals surface area contributed by atoms with E-state index < -0.39 is 39.6 Å². The highest BCUT2D eigenvalue weighted by atomic mass is 16.7. The minimum absolute atomic E-state index is 0.00218. The Morgan fingerprint density at radius 1 is 0.938 bits per heavy atom. The number of aliphatic hydroxyl groups is 3. The summed E-state index contributed by atoms with van der Waals surface area (Å²) in [7, 11) is 0. The van der Waals surface area contributed by atoms with Gasteiger partial charge in [0.2, 0.25) is 5.79 Å². The molecule has 0 saturated heterocycles. The number of hydrogen-bond donors (Lipinski definition) is 3. The maximum absolute atomic E-state index is 14.2. The van der Waals surface area contributed by atoms with Crippen molar-refractivity contribution in [1.82, 2.24) is 4.90 Å². The van der Waals surface area contributed by atoms with Crippen LogP contribution in [0.5, 0.6) is 17.2 Å². The van der Waals surface area contributed by atoms with Crippen LogP contribution in [0.3, 0.4) is 0 Å². The smallest absolute Gasteiger partial charge is 0.410 e. The fraction of sp³-hybridized carbons (Fsp3) is 0.489. The van der Waals surface area contributed by atoms with Crippen LogP contribution in [0.15, 0.2) is 96.2 Å². The van der Waals surface area contributed by atoms with Crippen molar-refractivity contribution in [1.29, 1.82) is 0 Å². The van der Waals surface area contributed by atoms with Crippen molar-refractivity contribution >= 4 is 23.2 Å². The number of carbonyl (C=O) groups is 1. The molecule has 0 bridgehead atoms.